The molecule has 0 aromatic heterocycles. The highest BCUT2D eigenvalue weighted by Crippen LogP contribution is 2.73. The van der Waals surface area contributed by atoms with Gasteiger partial charge in [-0.25, -0.2) is 0 Å². The minimum atomic E-state index is -1.94. The molecule has 4 heterocycles. The molecule has 65 heavy (non-hydrogen) atoms. The molecular weight excluding hydrogens is 868 g/mol. The molecule has 4 aliphatic heterocycles. The van der Waals surface area contributed by atoms with Crippen molar-refractivity contribution in [3.8, 4) is 0 Å². The Hall–Kier alpha value is -1.59. The van der Waals surface area contributed by atoms with Gasteiger partial charge in [-0.3, -0.25) is 4.79 Å². The third kappa shape index (κ3) is 8.32. The number of ether oxygens (including phenoxy) is 8. The van der Waals surface area contributed by atoms with Crippen LogP contribution >= 0.6 is 0 Å². The third-order valence-electron chi connectivity index (χ3n) is 16.7. The number of carbonyl (C=O) groups is 1. The van der Waals surface area contributed by atoms with E-state index in [1.807, 2.05) is 6.92 Å². The molecular formula is C43H68O22. The molecule has 8 fully saturated rings. The van der Waals surface area contributed by atoms with Crippen molar-refractivity contribution in [3.05, 3.63) is 12.2 Å². The van der Waals surface area contributed by atoms with E-state index in [9.17, 15) is 71.2 Å². The molecule has 8 rings (SSSR count). The summed E-state index contributed by atoms with van der Waals surface area (Å²) >= 11 is 0. The van der Waals surface area contributed by atoms with Crippen molar-refractivity contribution in [1.82, 2.24) is 0 Å². The van der Waals surface area contributed by atoms with Crippen molar-refractivity contribution in [2.24, 2.45) is 28.1 Å². The Kier molecular flexibility index (Phi) is 14.3. The fourth-order valence-electron chi connectivity index (χ4n) is 13.2. The second kappa shape index (κ2) is 18.6. The minimum Gasteiger partial charge on any atom is -0.432 e. The lowest BCUT2D eigenvalue weighted by Gasteiger charge is -2.64. The number of fused-ring (bicyclic) bond motifs is 3. The van der Waals surface area contributed by atoms with E-state index in [4.69, 9.17) is 37.9 Å². The highest BCUT2D eigenvalue weighted by atomic mass is 16.8. The maximum atomic E-state index is 14.1. The van der Waals surface area contributed by atoms with Gasteiger partial charge in [0.25, 0.3) is 0 Å². The van der Waals surface area contributed by atoms with Crippen LogP contribution in [0.15, 0.2) is 12.2 Å². The Labute approximate surface area is 375 Å². The van der Waals surface area contributed by atoms with Crippen LogP contribution in [0.2, 0.25) is 0 Å². The molecule has 8 aliphatic rings. The Bertz CT molecular complexity index is 1710. The molecule has 22 heteroatoms. The van der Waals surface area contributed by atoms with E-state index in [1.165, 1.54) is 0 Å². The number of aliphatic hydroxyl groups is 13. The molecule has 0 aromatic rings. The zero-order valence-corrected chi connectivity index (χ0v) is 36.5. The minimum absolute atomic E-state index is 0.0633. The van der Waals surface area contributed by atoms with Crippen LogP contribution in [-0.4, -0.2) is 221 Å². The summed E-state index contributed by atoms with van der Waals surface area (Å²) in [5.74, 6) is -0.633. The van der Waals surface area contributed by atoms with E-state index < -0.39 is 154 Å². The summed E-state index contributed by atoms with van der Waals surface area (Å²) in [6, 6.07) is 0. The molecule has 13 N–H and O–H groups in total. The van der Waals surface area contributed by atoms with Crippen LogP contribution in [0.4, 0.5) is 0 Å². The van der Waals surface area contributed by atoms with Crippen LogP contribution in [0.25, 0.3) is 0 Å². The second-order valence-electron chi connectivity index (χ2n) is 20.4. The number of aliphatic hydroxyl groups excluding tert-OH is 13. The average molecular weight is 937 g/mol. The van der Waals surface area contributed by atoms with Gasteiger partial charge in [0.1, 0.15) is 91.6 Å². The molecule has 4 saturated heterocycles. The normalized spacial score (nSPS) is 54.7. The monoisotopic (exact) mass is 936 g/mol. The largest absolute Gasteiger partial charge is 0.432 e. The van der Waals surface area contributed by atoms with Crippen molar-refractivity contribution in [3.63, 3.8) is 0 Å². The summed E-state index contributed by atoms with van der Waals surface area (Å²) in [6.45, 7) is 5.88. The van der Waals surface area contributed by atoms with Gasteiger partial charge in [-0.2, -0.15) is 0 Å². The zero-order valence-electron chi connectivity index (χ0n) is 36.5. The van der Waals surface area contributed by atoms with E-state index in [0.717, 1.165) is 12.0 Å². The van der Waals surface area contributed by atoms with E-state index >= 15 is 0 Å². The van der Waals surface area contributed by atoms with Crippen LogP contribution in [0, 0.1) is 28.1 Å². The molecule has 25 atom stereocenters. The van der Waals surface area contributed by atoms with E-state index in [-0.39, 0.29) is 29.3 Å². The standard InChI is InChI=1S/C43H68O22/c1-17-11-42-9-5-22-40(2,7-4-8-41(22,3)39(57)64-35-30(54)24(48)18(47)15-58-35)23(42)6-10-43(17,16-42)65-38-34(63-37-32(56)29(53)26(50)20(13-45)60-37)33(27(51)21(14-46)61-38)62-36-31(55)28(52)25(49)19(12-44)59-36/h18-38,44-56H,1,4-16H2,2-3H3/t18-,19-,20-,21-,22+,23+,24+,25-,26-,27-,28+,29+,30-,31-,32-,33+,34-,35+,36+,37+,38+,40-,41-,42-,43+/m1/s1. The fraction of sp³-hybridized carbons (Fsp3) is 0.930. The van der Waals surface area contributed by atoms with Crippen LogP contribution in [-0.2, 0) is 42.7 Å². The average Bonchev–Trinajstić information content (AvgIpc) is 3.48. The van der Waals surface area contributed by atoms with Gasteiger partial charge in [-0.15, -0.1) is 0 Å². The predicted molar refractivity (Wildman–Crippen MR) is 213 cm³/mol. The first kappa shape index (κ1) is 49.8. The molecule has 4 aliphatic carbocycles. The Morgan fingerprint density at radius 1 is 0.631 bits per heavy atom. The van der Waals surface area contributed by atoms with Crippen molar-refractivity contribution in [2.75, 3.05) is 26.4 Å². The SMILES string of the molecule is C=C1C[C@@]23CC[C@H]4[C@@](C)(CCC[C@@]4(C)C(=O)O[C@@H]4OC[C@@H](O)[C@H](O)[C@H]4O)[C@@H]2CC[C@]1(O[C@@H]1O[C@H](CO)[C@@H](O)[C@H](O[C@@H]2O[C@H](CO)[C@@H](O)[C@H](O)[C@H]2O)[C@H]1O[C@@H]1O[C@H](CO)[C@@H](O)[C@H](O)[C@H]1O)C3. The van der Waals surface area contributed by atoms with Crippen LogP contribution in [0.1, 0.15) is 71.6 Å². The van der Waals surface area contributed by atoms with Gasteiger partial charge in [0.2, 0.25) is 6.29 Å². The smallest absolute Gasteiger partial charge is 0.314 e. The summed E-state index contributed by atoms with van der Waals surface area (Å²) in [5.41, 5.74) is -2.13. The lowest BCUT2D eigenvalue weighted by molar-refractivity contribution is -0.400. The maximum Gasteiger partial charge on any atom is 0.314 e. The molecule has 4 saturated carbocycles. The Balaban J connectivity index is 1.07. The first-order chi connectivity index (χ1) is 30.7. The molecule has 0 radical (unpaired) electrons. The van der Waals surface area contributed by atoms with Gasteiger partial charge in [0, 0.05) is 0 Å². The van der Waals surface area contributed by atoms with Crippen molar-refractivity contribution in [1.29, 1.82) is 0 Å². The lowest BCUT2D eigenvalue weighted by Crippen LogP contribution is -2.68. The van der Waals surface area contributed by atoms with E-state index in [2.05, 4.69) is 13.5 Å². The first-order valence-corrected chi connectivity index (χ1v) is 22.8. The molecule has 2 bridgehead atoms. The van der Waals surface area contributed by atoms with Gasteiger partial charge in [0.05, 0.1) is 37.4 Å². The van der Waals surface area contributed by atoms with Gasteiger partial charge in [-0.1, -0.05) is 19.9 Å². The Morgan fingerprint density at radius 2 is 1.17 bits per heavy atom. The van der Waals surface area contributed by atoms with Crippen molar-refractivity contribution in [2.45, 2.75) is 194 Å². The van der Waals surface area contributed by atoms with Gasteiger partial charge in [-0.05, 0) is 86.5 Å². The highest BCUT2D eigenvalue weighted by molar-refractivity contribution is 5.77. The summed E-state index contributed by atoms with van der Waals surface area (Å²) in [6.07, 6.45) is -26.6. The second-order valence-corrected chi connectivity index (χ2v) is 20.4. The first-order valence-electron chi connectivity index (χ1n) is 22.8. The number of carbonyl (C=O) groups excluding carboxylic acids is 1. The number of hydrogen-bond acceptors (Lipinski definition) is 22. The Morgan fingerprint density at radius 3 is 1.77 bits per heavy atom. The van der Waals surface area contributed by atoms with Gasteiger partial charge < -0.3 is 104 Å². The molecule has 0 unspecified atom stereocenters. The molecule has 22 nitrogen and oxygen atoms in total. The molecule has 0 aromatic carbocycles. The number of hydrogen-bond donors (Lipinski definition) is 13. The summed E-state index contributed by atoms with van der Waals surface area (Å²) < 4.78 is 48.1. The van der Waals surface area contributed by atoms with Crippen molar-refractivity contribution >= 4 is 5.97 Å². The lowest BCUT2D eigenvalue weighted by atomic mass is 9.41. The summed E-state index contributed by atoms with van der Waals surface area (Å²) in [5, 5.41) is 137. The van der Waals surface area contributed by atoms with Crippen LogP contribution in [0.5, 0.6) is 0 Å². The predicted octanol–water partition coefficient (Wildman–Crippen LogP) is -4.47. The van der Waals surface area contributed by atoms with Crippen LogP contribution in [0.3, 0.4) is 0 Å². The van der Waals surface area contributed by atoms with E-state index in [1.54, 1.807) is 0 Å². The molecule has 372 valence electrons. The zero-order chi connectivity index (χ0) is 47.1. The molecule has 0 amide bonds. The summed E-state index contributed by atoms with van der Waals surface area (Å²) in [4.78, 5) is 14.1. The van der Waals surface area contributed by atoms with Crippen LogP contribution < -0.4 is 0 Å². The third-order valence-corrected chi connectivity index (χ3v) is 16.7. The van der Waals surface area contributed by atoms with E-state index in [0.29, 0.717) is 51.4 Å². The number of esters is 1. The molecule has 1 spiro atoms. The quantitative estimate of drug-likeness (QED) is 0.0528. The highest BCUT2D eigenvalue weighted by Gasteiger charge is 2.69. The fourth-order valence-corrected chi connectivity index (χ4v) is 13.2. The topological polar surface area (TPSA) is 354 Å². The van der Waals surface area contributed by atoms with Crippen molar-refractivity contribution < 1.29 is 109 Å². The number of rotatable bonds is 11. The maximum absolute atomic E-state index is 14.1. The van der Waals surface area contributed by atoms with Gasteiger partial charge >= 0.3 is 5.97 Å². The van der Waals surface area contributed by atoms with Gasteiger partial charge in [0.15, 0.2) is 18.9 Å². The summed E-state index contributed by atoms with van der Waals surface area (Å²) in [7, 11) is 0.